The Balaban J connectivity index is 1.33. The van der Waals surface area contributed by atoms with Gasteiger partial charge in [0.05, 0.1) is 29.2 Å². The van der Waals surface area contributed by atoms with E-state index in [0.29, 0.717) is 11.6 Å². The lowest BCUT2D eigenvalue weighted by molar-refractivity contribution is 0.0628. The van der Waals surface area contributed by atoms with Gasteiger partial charge >= 0.3 is 0 Å². The molecule has 0 radical (unpaired) electrons. The molecule has 158 valence electrons. The van der Waals surface area contributed by atoms with E-state index in [1.54, 1.807) is 0 Å². The molecular weight excluding hydrogens is 400 g/mol. The molecule has 1 fully saturated rings. The standard InChI is InChI=1S/C22H27ClN6O/c1-16-21(23)17(2)29(25-16)15-18-4-6-20(7-5-18)22(30)28-10-8-27(9-11-28)14-19-12-24-26(3)13-19/h4-7,12-13H,8-11,14-15H2,1-3H3. The number of hydrogen-bond donors (Lipinski definition) is 0. The summed E-state index contributed by atoms with van der Waals surface area (Å²) in [6.45, 7) is 8.62. The van der Waals surface area contributed by atoms with Crippen LogP contribution in [0.5, 0.6) is 0 Å². The fourth-order valence-electron chi connectivity index (χ4n) is 3.86. The predicted octanol–water partition coefficient (Wildman–Crippen LogP) is 2.89. The third kappa shape index (κ3) is 4.42. The van der Waals surface area contributed by atoms with Crippen molar-refractivity contribution in [3.05, 3.63) is 69.8 Å². The Bertz CT molecular complexity index is 1030. The zero-order valence-corrected chi connectivity index (χ0v) is 18.4. The minimum Gasteiger partial charge on any atom is -0.336 e. The summed E-state index contributed by atoms with van der Waals surface area (Å²) in [6.07, 6.45) is 3.94. The predicted molar refractivity (Wildman–Crippen MR) is 117 cm³/mol. The Labute approximate surface area is 181 Å². The summed E-state index contributed by atoms with van der Waals surface area (Å²) in [7, 11) is 1.93. The second-order valence-electron chi connectivity index (χ2n) is 7.93. The number of nitrogens with zero attached hydrogens (tertiary/aromatic N) is 6. The van der Waals surface area contributed by atoms with Crippen LogP contribution in [0.3, 0.4) is 0 Å². The van der Waals surface area contributed by atoms with Gasteiger partial charge in [0.15, 0.2) is 0 Å². The highest BCUT2D eigenvalue weighted by molar-refractivity contribution is 6.31. The largest absolute Gasteiger partial charge is 0.336 e. The van der Waals surface area contributed by atoms with Crippen LogP contribution in [0.15, 0.2) is 36.7 Å². The highest BCUT2D eigenvalue weighted by Gasteiger charge is 2.22. The second kappa shape index (κ2) is 8.62. The third-order valence-corrected chi connectivity index (χ3v) is 6.20. The molecule has 4 rings (SSSR count). The first-order valence-corrected chi connectivity index (χ1v) is 10.6. The molecule has 0 aliphatic carbocycles. The summed E-state index contributed by atoms with van der Waals surface area (Å²) in [5, 5.41) is 9.41. The maximum atomic E-state index is 12.9. The van der Waals surface area contributed by atoms with Gasteiger partial charge in [-0.15, -0.1) is 0 Å². The average Bonchev–Trinajstić information content (AvgIpc) is 3.26. The summed E-state index contributed by atoms with van der Waals surface area (Å²) >= 11 is 6.23. The Morgan fingerprint density at radius 2 is 1.73 bits per heavy atom. The van der Waals surface area contributed by atoms with E-state index in [9.17, 15) is 4.79 Å². The summed E-state index contributed by atoms with van der Waals surface area (Å²) < 4.78 is 3.72. The Morgan fingerprint density at radius 1 is 1.03 bits per heavy atom. The number of carbonyl (C=O) groups excluding carboxylic acids is 1. The van der Waals surface area contributed by atoms with E-state index in [1.165, 1.54) is 5.56 Å². The van der Waals surface area contributed by atoms with Crippen molar-refractivity contribution >= 4 is 17.5 Å². The summed E-state index contributed by atoms with van der Waals surface area (Å²) in [5.74, 6) is 0.0942. The maximum absolute atomic E-state index is 12.9. The number of carbonyl (C=O) groups is 1. The lowest BCUT2D eigenvalue weighted by Gasteiger charge is -2.34. The highest BCUT2D eigenvalue weighted by atomic mass is 35.5. The van der Waals surface area contributed by atoms with Crippen molar-refractivity contribution < 1.29 is 4.79 Å². The van der Waals surface area contributed by atoms with E-state index in [-0.39, 0.29) is 5.91 Å². The fraction of sp³-hybridized carbons (Fsp3) is 0.409. The van der Waals surface area contributed by atoms with Gasteiger partial charge in [-0.1, -0.05) is 23.7 Å². The Hall–Kier alpha value is -2.64. The molecule has 3 aromatic rings. The normalized spacial score (nSPS) is 15.0. The van der Waals surface area contributed by atoms with Gasteiger partial charge in [-0.2, -0.15) is 10.2 Å². The zero-order valence-electron chi connectivity index (χ0n) is 17.7. The molecule has 1 aliphatic heterocycles. The van der Waals surface area contributed by atoms with Gasteiger partial charge in [-0.05, 0) is 31.5 Å². The van der Waals surface area contributed by atoms with E-state index in [4.69, 9.17) is 11.6 Å². The molecule has 0 N–H and O–H groups in total. The number of rotatable bonds is 5. The van der Waals surface area contributed by atoms with Crippen LogP contribution in [0, 0.1) is 13.8 Å². The average molecular weight is 427 g/mol. The monoisotopic (exact) mass is 426 g/mol. The second-order valence-corrected chi connectivity index (χ2v) is 8.31. The molecule has 0 saturated carbocycles. The number of benzene rings is 1. The molecule has 0 spiro atoms. The van der Waals surface area contributed by atoms with Crippen LogP contribution in [0.4, 0.5) is 0 Å². The molecular formula is C22H27ClN6O. The Kier molecular flexibility index (Phi) is 5.92. The first kappa shape index (κ1) is 20.6. The molecule has 1 aromatic carbocycles. The van der Waals surface area contributed by atoms with E-state index < -0.39 is 0 Å². The minimum atomic E-state index is 0.0942. The van der Waals surface area contributed by atoms with Gasteiger partial charge in [-0.25, -0.2) is 0 Å². The third-order valence-electron chi connectivity index (χ3n) is 5.65. The summed E-state index contributed by atoms with van der Waals surface area (Å²) in [6, 6.07) is 7.81. The molecule has 1 amide bonds. The molecule has 0 bridgehead atoms. The number of hydrogen-bond acceptors (Lipinski definition) is 4. The van der Waals surface area contributed by atoms with Crippen molar-refractivity contribution in [1.29, 1.82) is 0 Å². The van der Waals surface area contributed by atoms with Gasteiger partial charge in [0.2, 0.25) is 0 Å². The van der Waals surface area contributed by atoms with Crippen LogP contribution in [0.2, 0.25) is 5.02 Å². The molecule has 3 heterocycles. The lowest BCUT2D eigenvalue weighted by atomic mass is 10.1. The fourth-order valence-corrected chi connectivity index (χ4v) is 3.99. The quantitative estimate of drug-likeness (QED) is 0.629. The van der Waals surface area contributed by atoms with Crippen molar-refractivity contribution in [3.8, 4) is 0 Å². The van der Waals surface area contributed by atoms with Crippen molar-refractivity contribution in [2.24, 2.45) is 7.05 Å². The molecule has 2 aromatic heterocycles. The van der Waals surface area contributed by atoms with Crippen LogP contribution in [0.25, 0.3) is 0 Å². The van der Waals surface area contributed by atoms with Gasteiger partial charge in [-0.3, -0.25) is 19.1 Å². The number of amides is 1. The first-order chi connectivity index (χ1) is 14.4. The van der Waals surface area contributed by atoms with Gasteiger partial charge in [0.25, 0.3) is 5.91 Å². The van der Waals surface area contributed by atoms with Crippen LogP contribution in [0.1, 0.15) is 32.9 Å². The summed E-state index contributed by atoms with van der Waals surface area (Å²) in [5.41, 5.74) is 4.82. The molecule has 0 atom stereocenters. The van der Waals surface area contributed by atoms with Gasteiger partial charge < -0.3 is 4.90 Å². The van der Waals surface area contributed by atoms with E-state index in [2.05, 4.69) is 15.1 Å². The van der Waals surface area contributed by atoms with Crippen molar-refractivity contribution in [1.82, 2.24) is 29.4 Å². The maximum Gasteiger partial charge on any atom is 0.253 e. The smallest absolute Gasteiger partial charge is 0.253 e. The molecule has 7 nitrogen and oxygen atoms in total. The van der Waals surface area contributed by atoms with Gasteiger partial charge in [0.1, 0.15) is 0 Å². The minimum absolute atomic E-state index is 0.0942. The van der Waals surface area contributed by atoms with E-state index in [1.807, 2.05) is 71.8 Å². The number of aryl methyl sites for hydroxylation is 2. The van der Waals surface area contributed by atoms with Crippen LogP contribution in [-0.4, -0.2) is 61.4 Å². The van der Waals surface area contributed by atoms with Gasteiger partial charge in [0, 0.05) is 57.1 Å². The molecule has 1 saturated heterocycles. The number of halogens is 1. The summed E-state index contributed by atoms with van der Waals surface area (Å²) in [4.78, 5) is 17.2. The number of aromatic nitrogens is 4. The lowest BCUT2D eigenvalue weighted by Crippen LogP contribution is -2.48. The van der Waals surface area contributed by atoms with Crippen molar-refractivity contribution in [3.63, 3.8) is 0 Å². The zero-order chi connectivity index (χ0) is 21.3. The van der Waals surface area contributed by atoms with Crippen LogP contribution >= 0.6 is 11.6 Å². The molecule has 30 heavy (non-hydrogen) atoms. The van der Waals surface area contributed by atoms with E-state index >= 15 is 0 Å². The Morgan fingerprint density at radius 3 is 2.30 bits per heavy atom. The van der Waals surface area contributed by atoms with Crippen molar-refractivity contribution in [2.75, 3.05) is 26.2 Å². The van der Waals surface area contributed by atoms with Crippen LogP contribution < -0.4 is 0 Å². The molecule has 1 aliphatic rings. The molecule has 8 heteroatoms. The first-order valence-electron chi connectivity index (χ1n) is 10.2. The topological polar surface area (TPSA) is 59.2 Å². The number of piperazine rings is 1. The highest BCUT2D eigenvalue weighted by Crippen LogP contribution is 2.20. The van der Waals surface area contributed by atoms with Crippen LogP contribution in [-0.2, 0) is 20.1 Å². The van der Waals surface area contributed by atoms with E-state index in [0.717, 1.165) is 55.2 Å². The molecule has 0 unspecified atom stereocenters. The SMILES string of the molecule is Cc1nn(Cc2ccc(C(=O)N3CCN(Cc4cnn(C)c4)CC3)cc2)c(C)c1Cl. The van der Waals surface area contributed by atoms with Crippen molar-refractivity contribution in [2.45, 2.75) is 26.9 Å².